The number of nitrogens with one attached hydrogen (secondary N) is 1. The van der Waals surface area contributed by atoms with Crippen LogP contribution < -0.4 is 5.32 Å². The van der Waals surface area contributed by atoms with Crippen molar-refractivity contribution in [3.05, 3.63) is 76.9 Å². The SMILES string of the molecule is Cc1nn(-c2ccc(F)cc2)c(C)c1CC(=O)Nc1cc(-c2nnc3n2CCCCC3)ccc1F. The Bertz CT molecular complexity index is 1390. The zero-order chi connectivity index (χ0) is 24.5. The van der Waals surface area contributed by atoms with Crippen LogP contribution in [0.1, 0.15) is 42.0 Å². The van der Waals surface area contributed by atoms with Crippen molar-refractivity contribution < 1.29 is 13.6 Å². The normalized spacial score (nSPS) is 13.4. The van der Waals surface area contributed by atoms with E-state index in [-0.39, 0.29) is 23.8 Å². The van der Waals surface area contributed by atoms with Gasteiger partial charge in [-0.05, 0) is 69.2 Å². The number of carbonyl (C=O) groups excluding carboxylic acids is 1. The van der Waals surface area contributed by atoms with Crippen LogP contribution in [-0.2, 0) is 24.2 Å². The first-order chi connectivity index (χ1) is 16.9. The highest BCUT2D eigenvalue weighted by Gasteiger charge is 2.20. The van der Waals surface area contributed by atoms with E-state index >= 15 is 0 Å². The van der Waals surface area contributed by atoms with E-state index in [2.05, 4.69) is 25.2 Å². The summed E-state index contributed by atoms with van der Waals surface area (Å²) in [6.07, 6.45) is 4.18. The average molecular weight is 477 g/mol. The molecule has 0 fully saturated rings. The number of amides is 1. The van der Waals surface area contributed by atoms with Gasteiger partial charge in [0.05, 0.1) is 23.5 Å². The minimum atomic E-state index is -0.520. The van der Waals surface area contributed by atoms with Crippen LogP contribution >= 0.6 is 0 Å². The minimum absolute atomic E-state index is 0.0306. The van der Waals surface area contributed by atoms with Gasteiger partial charge in [-0.15, -0.1) is 10.2 Å². The molecule has 0 aliphatic carbocycles. The van der Waals surface area contributed by atoms with Gasteiger partial charge in [0, 0.05) is 29.8 Å². The maximum absolute atomic E-state index is 14.6. The zero-order valence-corrected chi connectivity index (χ0v) is 19.7. The first kappa shape index (κ1) is 22.9. The molecule has 1 aliphatic rings. The summed E-state index contributed by atoms with van der Waals surface area (Å²) in [4.78, 5) is 12.9. The van der Waals surface area contributed by atoms with E-state index < -0.39 is 5.82 Å². The molecular formula is C26H26F2N6O. The van der Waals surface area contributed by atoms with Crippen LogP contribution in [0, 0.1) is 25.5 Å². The molecule has 2 aromatic heterocycles. The van der Waals surface area contributed by atoms with Gasteiger partial charge in [-0.25, -0.2) is 13.5 Å². The smallest absolute Gasteiger partial charge is 0.229 e. The average Bonchev–Trinajstić information content (AvgIpc) is 3.26. The van der Waals surface area contributed by atoms with Gasteiger partial charge in [-0.3, -0.25) is 4.79 Å². The van der Waals surface area contributed by atoms with Crippen LogP contribution in [0.4, 0.5) is 14.5 Å². The van der Waals surface area contributed by atoms with E-state index in [1.54, 1.807) is 28.9 Å². The number of carbonyl (C=O) groups is 1. The lowest BCUT2D eigenvalue weighted by Crippen LogP contribution is -2.16. The Kier molecular flexibility index (Phi) is 6.15. The Labute approximate surface area is 201 Å². The topological polar surface area (TPSA) is 77.6 Å². The van der Waals surface area contributed by atoms with Crippen molar-refractivity contribution in [1.29, 1.82) is 0 Å². The highest BCUT2D eigenvalue weighted by Crippen LogP contribution is 2.27. The number of rotatable bonds is 5. The number of anilines is 1. The molecule has 1 N–H and O–H groups in total. The van der Waals surface area contributed by atoms with E-state index in [1.807, 2.05) is 13.8 Å². The lowest BCUT2D eigenvalue weighted by molar-refractivity contribution is -0.115. The third kappa shape index (κ3) is 4.58. The van der Waals surface area contributed by atoms with Crippen molar-refractivity contribution in [3.8, 4) is 17.1 Å². The summed E-state index contributed by atoms with van der Waals surface area (Å²) < 4.78 is 31.7. The number of hydrogen-bond acceptors (Lipinski definition) is 4. The van der Waals surface area contributed by atoms with Crippen molar-refractivity contribution in [1.82, 2.24) is 24.5 Å². The molecule has 2 aromatic carbocycles. The summed E-state index contributed by atoms with van der Waals surface area (Å²) in [5.41, 5.74) is 3.70. The first-order valence-electron chi connectivity index (χ1n) is 11.7. The molecular weight excluding hydrogens is 450 g/mol. The van der Waals surface area contributed by atoms with E-state index in [4.69, 9.17) is 0 Å². The quantitative estimate of drug-likeness (QED) is 0.443. The molecule has 0 radical (unpaired) electrons. The summed E-state index contributed by atoms with van der Waals surface area (Å²) in [6.45, 7) is 4.49. The van der Waals surface area contributed by atoms with Crippen molar-refractivity contribution in [2.75, 3.05) is 5.32 Å². The number of hydrogen-bond donors (Lipinski definition) is 1. The zero-order valence-electron chi connectivity index (χ0n) is 19.7. The maximum Gasteiger partial charge on any atom is 0.229 e. The van der Waals surface area contributed by atoms with E-state index in [0.717, 1.165) is 49.3 Å². The summed E-state index contributed by atoms with van der Waals surface area (Å²) in [5, 5.41) is 15.9. The fraction of sp³-hybridized carbons (Fsp3) is 0.308. The van der Waals surface area contributed by atoms with Crippen LogP contribution in [-0.4, -0.2) is 30.5 Å². The Hall–Kier alpha value is -3.88. The van der Waals surface area contributed by atoms with Crippen LogP contribution in [0.3, 0.4) is 0 Å². The minimum Gasteiger partial charge on any atom is -0.323 e. The number of benzene rings is 2. The fourth-order valence-corrected chi connectivity index (χ4v) is 4.58. The molecule has 0 spiro atoms. The summed E-state index contributed by atoms with van der Waals surface area (Å²) >= 11 is 0. The third-order valence-electron chi connectivity index (χ3n) is 6.46. The summed E-state index contributed by atoms with van der Waals surface area (Å²) in [5.74, 6) is 0.418. The predicted octanol–water partition coefficient (Wildman–Crippen LogP) is 4.93. The molecule has 0 saturated carbocycles. The molecule has 1 amide bonds. The lowest BCUT2D eigenvalue weighted by Gasteiger charge is -2.11. The Morgan fingerprint density at radius 1 is 1.03 bits per heavy atom. The van der Waals surface area contributed by atoms with E-state index in [1.165, 1.54) is 18.2 Å². The highest BCUT2D eigenvalue weighted by molar-refractivity contribution is 5.93. The molecule has 1 aliphatic heterocycles. The number of aromatic nitrogens is 5. The van der Waals surface area contributed by atoms with Gasteiger partial charge < -0.3 is 9.88 Å². The molecule has 9 heteroatoms. The van der Waals surface area contributed by atoms with Crippen molar-refractivity contribution >= 4 is 11.6 Å². The van der Waals surface area contributed by atoms with Crippen LogP contribution in [0.2, 0.25) is 0 Å². The van der Waals surface area contributed by atoms with Crippen molar-refractivity contribution in [2.24, 2.45) is 0 Å². The summed E-state index contributed by atoms with van der Waals surface area (Å²) in [6, 6.07) is 10.6. The Balaban J connectivity index is 1.37. The molecule has 35 heavy (non-hydrogen) atoms. The van der Waals surface area contributed by atoms with Crippen LogP contribution in [0.15, 0.2) is 42.5 Å². The Morgan fingerprint density at radius 3 is 2.63 bits per heavy atom. The number of aryl methyl sites for hydroxylation is 2. The fourth-order valence-electron chi connectivity index (χ4n) is 4.58. The molecule has 180 valence electrons. The molecule has 7 nitrogen and oxygen atoms in total. The lowest BCUT2D eigenvalue weighted by atomic mass is 10.1. The van der Waals surface area contributed by atoms with Crippen LogP contribution in [0.5, 0.6) is 0 Å². The second kappa shape index (κ2) is 9.40. The molecule has 0 saturated heterocycles. The highest BCUT2D eigenvalue weighted by atomic mass is 19.1. The van der Waals surface area contributed by atoms with Crippen LogP contribution in [0.25, 0.3) is 17.1 Å². The molecule has 5 rings (SSSR count). The predicted molar refractivity (Wildman–Crippen MR) is 128 cm³/mol. The van der Waals surface area contributed by atoms with Gasteiger partial charge in [-0.1, -0.05) is 6.42 Å². The second-order valence-corrected chi connectivity index (χ2v) is 8.86. The van der Waals surface area contributed by atoms with Gasteiger partial charge in [0.15, 0.2) is 5.82 Å². The molecule has 0 atom stereocenters. The van der Waals surface area contributed by atoms with Gasteiger partial charge in [-0.2, -0.15) is 5.10 Å². The monoisotopic (exact) mass is 476 g/mol. The molecule has 0 unspecified atom stereocenters. The Morgan fingerprint density at radius 2 is 1.83 bits per heavy atom. The molecule has 3 heterocycles. The van der Waals surface area contributed by atoms with Crippen molar-refractivity contribution in [2.45, 2.75) is 52.5 Å². The van der Waals surface area contributed by atoms with Gasteiger partial charge in [0.1, 0.15) is 17.5 Å². The van der Waals surface area contributed by atoms with Gasteiger partial charge >= 0.3 is 0 Å². The largest absolute Gasteiger partial charge is 0.323 e. The van der Waals surface area contributed by atoms with E-state index in [0.29, 0.717) is 22.8 Å². The standard InChI is InChI=1S/C26H26F2N6O/c1-16-21(17(2)34(32-16)20-10-8-19(27)9-11-20)15-25(35)29-23-14-18(7-12-22(23)28)26-31-30-24-6-4-3-5-13-33(24)26/h7-12,14H,3-6,13,15H2,1-2H3,(H,29,35). The summed E-state index contributed by atoms with van der Waals surface area (Å²) in [7, 11) is 0. The van der Waals surface area contributed by atoms with Crippen molar-refractivity contribution in [3.63, 3.8) is 0 Å². The third-order valence-corrected chi connectivity index (χ3v) is 6.46. The second-order valence-electron chi connectivity index (χ2n) is 8.86. The first-order valence-corrected chi connectivity index (χ1v) is 11.7. The van der Waals surface area contributed by atoms with E-state index in [9.17, 15) is 13.6 Å². The van der Waals surface area contributed by atoms with Gasteiger partial charge in [0.2, 0.25) is 5.91 Å². The number of nitrogens with zero attached hydrogens (tertiary/aromatic N) is 5. The van der Waals surface area contributed by atoms with Gasteiger partial charge in [0.25, 0.3) is 0 Å². The maximum atomic E-state index is 14.6. The number of fused-ring (bicyclic) bond motifs is 1. The number of halogens is 2. The molecule has 4 aromatic rings. The molecule has 0 bridgehead atoms.